The van der Waals surface area contributed by atoms with Gasteiger partial charge in [-0.1, -0.05) is 5.16 Å². The summed E-state index contributed by atoms with van der Waals surface area (Å²) in [6, 6.07) is 1.58. The Labute approximate surface area is 141 Å². The molecule has 2 atom stereocenters. The van der Waals surface area contributed by atoms with Crippen molar-refractivity contribution in [3.05, 3.63) is 30.2 Å². The number of rotatable bonds is 5. The number of nitrogens with zero attached hydrogens (tertiary/aromatic N) is 5. The van der Waals surface area contributed by atoms with E-state index in [0.29, 0.717) is 11.8 Å². The van der Waals surface area contributed by atoms with Gasteiger partial charge >= 0.3 is 0 Å². The van der Waals surface area contributed by atoms with Gasteiger partial charge in [-0.3, -0.25) is 9.48 Å². The lowest BCUT2D eigenvalue weighted by Crippen LogP contribution is -2.43. The van der Waals surface area contributed by atoms with Crippen LogP contribution in [-0.4, -0.2) is 43.8 Å². The molecule has 0 spiro atoms. The van der Waals surface area contributed by atoms with E-state index in [1.165, 1.54) is 12.8 Å². The maximum Gasteiger partial charge on any atom is 0.247 e. The highest BCUT2D eigenvalue weighted by Gasteiger charge is 2.31. The van der Waals surface area contributed by atoms with Crippen LogP contribution in [0.4, 0.5) is 0 Å². The van der Waals surface area contributed by atoms with E-state index in [1.54, 1.807) is 10.9 Å². The minimum atomic E-state index is -0.261. The molecule has 1 amide bonds. The second-order valence-electron chi connectivity index (χ2n) is 6.98. The molecule has 128 valence electrons. The van der Waals surface area contributed by atoms with E-state index in [9.17, 15) is 4.79 Å². The zero-order valence-electron chi connectivity index (χ0n) is 14.0. The number of carbonyl (C=O) groups excluding carboxylic acids is 1. The summed E-state index contributed by atoms with van der Waals surface area (Å²) < 4.78 is 7.11. The van der Waals surface area contributed by atoms with Crippen LogP contribution < -0.4 is 0 Å². The Balaban J connectivity index is 1.36. The number of amides is 1. The molecule has 1 aliphatic carbocycles. The highest BCUT2D eigenvalue weighted by molar-refractivity contribution is 5.80. The molecule has 2 aromatic rings. The van der Waals surface area contributed by atoms with Crippen LogP contribution in [-0.2, 0) is 11.2 Å². The lowest BCUT2D eigenvalue weighted by atomic mass is 9.94. The quantitative estimate of drug-likeness (QED) is 0.840. The van der Waals surface area contributed by atoms with Crippen molar-refractivity contribution in [2.24, 2.45) is 5.92 Å². The Bertz CT molecular complexity index is 692. The molecule has 2 fully saturated rings. The normalized spacial score (nSPS) is 22.5. The summed E-state index contributed by atoms with van der Waals surface area (Å²) in [7, 11) is 0. The first-order chi connectivity index (χ1) is 11.7. The van der Waals surface area contributed by atoms with E-state index in [2.05, 4.69) is 15.2 Å². The lowest BCUT2D eigenvalue weighted by Gasteiger charge is -2.33. The van der Waals surface area contributed by atoms with Gasteiger partial charge in [0.1, 0.15) is 6.04 Å². The van der Waals surface area contributed by atoms with Gasteiger partial charge in [0, 0.05) is 37.8 Å². The van der Waals surface area contributed by atoms with E-state index in [-0.39, 0.29) is 11.9 Å². The zero-order valence-corrected chi connectivity index (χ0v) is 14.0. The molecule has 1 saturated heterocycles. The van der Waals surface area contributed by atoms with Crippen molar-refractivity contribution in [1.82, 2.24) is 24.8 Å². The number of likely N-dealkylation sites (tertiary alicyclic amines) is 1. The predicted molar refractivity (Wildman–Crippen MR) is 86.2 cm³/mol. The van der Waals surface area contributed by atoms with Gasteiger partial charge in [-0.05, 0) is 44.6 Å². The molecular weight excluding hydrogens is 306 g/mol. The summed E-state index contributed by atoms with van der Waals surface area (Å²) in [5.74, 6) is 2.62. The van der Waals surface area contributed by atoms with Gasteiger partial charge < -0.3 is 9.42 Å². The summed E-state index contributed by atoms with van der Waals surface area (Å²) in [5.41, 5.74) is 0. The van der Waals surface area contributed by atoms with E-state index in [1.807, 2.05) is 24.1 Å². The Morgan fingerprint density at radius 1 is 1.42 bits per heavy atom. The number of hydrogen-bond donors (Lipinski definition) is 0. The molecule has 0 bridgehead atoms. The molecule has 2 aromatic heterocycles. The fraction of sp³-hybridized carbons (Fsp3) is 0.647. The highest BCUT2D eigenvalue weighted by Crippen LogP contribution is 2.38. The molecule has 0 unspecified atom stereocenters. The Hall–Kier alpha value is -2.18. The molecule has 24 heavy (non-hydrogen) atoms. The molecule has 7 nitrogen and oxygen atoms in total. The van der Waals surface area contributed by atoms with E-state index >= 15 is 0 Å². The van der Waals surface area contributed by atoms with E-state index in [4.69, 9.17) is 4.52 Å². The maximum atomic E-state index is 12.7. The molecule has 4 rings (SSSR count). The molecule has 1 saturated carbocycles. The van der Waals surface area contributed by atoms with Crippen molar-refractivity contribution in [3.63, 3.8) is 0 Å². The van der Waals surface area contributed by atoms with E-state index < -0.39 is 0 Å². The van der Waals surface area contributed by atoms with Crippen LogP contribution in [0.1, 0.15) is 56.3 Å². The van der Waals surface area contributed by atoms with Gasteiger partial charge in [-0.2, -0.15) is 10.1 Å². The Kier molecular flexibility index (Phi) is 4.08. The first-order valence-corrected chi connectivity index (χ1v) is 8.81. The number of aromatic nitrogens is 4. The topological polar surface area (TPSA) is 77.0 Å². The van der Waals surface area contributed by atoms with Gasteiger partial charge in [0.25, 0.3) is 0 Å². The molecule has 7 heteroatoms. The summed E-state index contributed by atoms with van der Waals surface area (Å²) in [6.07, 6.45) is 8.77. The number of hydrogen-bond acceptors (Lipinski definition) is 5. The standard InChI is InChI=1S/C17H23N5O2/c1-12(22-9-3-7-18-22)17(23)21-8-2-4-13(11-21)10-15-19-16(20-24-15)14-5-6-14/h3,7,9,12-14H,2,4-6,8,10-11H2,1H3/t12-,13+/m1/s1. The van der Waals surface area contributed by atoms with Gasteiger partial charge in [-0.25, -0.2) is 0 Å². The van der Waals surface area contributed by atoms with Crippen molar-refractivity contribution >= 4 is 5.91 Å². The monoisotopic (exact) mass is 329 g/mol. The molecule has 0 aromatic carbocycles. The summed E-state index contributed by atoms with van der Waals surface area (Å²) in [6.45, 7) is 3.47. The van der Waals surface area contributed by atoms with Gasteiger partial charge in [0.2, 0.25) is 11.8 Å². The van der Waals surface area contributed by atoms with Crippen molar-refractivity contribution < 1.29 is 9.32 Å². The van der Waals surface area contributed by atoms with Crippen molar-refractivity contribution in [3.8, 4) is 0 Å². The first-order valence-electron chi connectivity index (χ1n) is 8.81. The van der Waals surface area contributed by atoms with Crippen LogP contribution in [0.15, 0.2) is 23.0 Å². The van der Waals surface area contributed by atoms with Crippen LogP contribution in [0.25, 0.3) is 0 Å². The summed E-state index contributed by atoms with van der Waals surface area (Å²) >= 11 is 0. The van der Waals surface area contributed by atoms with Gasteiger partial charge in [0.05, 0.1) is 0 Å². The molecule has 0 N–H and O–H groups in total. The maximum absolute atomic E-state index is 12.7. The van der Waals surface area contributed by atoms with Gasteiger partial charge in [0.15, 0.2) is 5.82 Å². The van der Waals surface area contributed by atoms with Crippen molar-refractivity contribution in [1.29, 1.82) is 0 Å². The fourth-order valence-corrected chi connectivity index (χ4v) is 3.42. The van der Waals surface area contributed by atoms with Crippen LogP contribution in [0.2, 0.25) is 0 Å². The van der Waals surface area contributed by atoms with Gasteiger partial charge in [-0.15, -0.1) is 0 Å². The predicted octanol–water partition coefficient (Wildman–Crippen LogP) is 2.19. The Morgan fingerprint density at radius 2 is 2.29 bits per heavy atom. The average Bonchev–Trinajstić information content (AvgIpc) is 3.11. The summed E-state index contributed by atoms with van der Waals surface area (Å²) in [5, 5.41) is 8.26. The minimum Gasteiger partial charge on any atom is -0.341 e. The second kappa shape index (κ2) is 6.37. The molecule has 3 heterocycles. The first kappa shape index (κ1) is 15.4. The van der Waals surface area contributed by atoms with Crippen molar-refractivity contribution in [2.45, 2.75) is 51.0 Å². The number of carbonyl (C=O) groups is 1. The molecule has 0 radical (unpaired) electrons. The second-order valence-corrected chi connectivity index (χ2v) is 6.98. The third kappa shape index (κ3) is 3.20. The lowest BCUT2D eigenvalue weighted by molar-refractivity contribution is -0.136. The molecular formula is C17H23N5O2. The Morgan fingerprint density at radius 3 is 3.04 bits per heavy atom. The average molecular weight is 329 g/mol. The van der Waals surface area contributed by atoms with Crippen LogP contribution in [0.3, 0.4) is 0 Å². The summed E-state index contributed by atoms with van der Waals surface area (Å²) in [4.78, 5) is 19.2. The van der Waals surface area contributed by atoms with Crippen molar-refractivity contribution in [2.75, 3.05) is 13.1 Å². The SMILES string of the molecule is C[C@H](C(=O)N1CCC[C@@H](Cc2nc(C3CC3)no2)C1)n1cccn1. The largest absolute Gasteiger partial charge is 0.341 e. The third-order valence-electron chi connectivity index (χ3n) is 5.00. The fourth-order valence-electron chi connectivity index (χ4n) is 3.42. The molecule has 1 aliphatic heterocycles. The number of piperidine rings is 1. The third-order valence-corrected chi connectivity index (χ3v) is 5.00. The zero-order chi connectivity index (χ0) is 16.5. The van der Waals surface area contributed by atoms with E-state index in [0.717, 1.165) is 44.1 Å². The highest BCUT2D eigenvalue weighted by atomic mass is 16.5. The molecule has 2 aliphatic rings. The smallest absolute Gasteiger partial charge is 0.247 e. The van der Waals surface area contributed by atoms with Crippen LogP contribution in [0, 0.1) is 5.92 Å². The van der Waals surface area contributed by atoms with Crippen LogP contribution >= 0.6 is 0 Å². The van der Waals surface area contributed by atoms with Crippen LogP contribution in [0.5, 0.6) is 0 Å². The minimum absolute atomic E-state index is 0.132.